The van der Waals surface area contributed by atoms with Gasteiger partial charge in [-0.05, 0) is 18.2 Å². The van der Waals surface area contributed by atoms with Crippen molar-refractivity contribution in [1.29, 1.82) is 0 Å². The van der Waals surface area contributed by atoms with Gasteiger partial charge < -0.3 is 5.73 Å². The van der Waals surface area contributed by atoms with E-state index in [2.05, 4.69) is 10.2 Å². The molecule has 2 aromatic rings. The minimum absolute atomic E-state index is 0.0399. The van der Waals surface area contributed by atoms with Crippen molar-refractivity contribution in [2.75, 3.05) is 4.90 Å². The zero-order valence-corrected chi connectivity index (χ0v) is 17.4. The smallest absolute Gasteiger partial charge is 0.270 e. The molecule has 1 aliphatic rings. The van der Waals surface area contributed by atoms with Crippen LogP contribution in [0.5, 0.6) is 0 Å². The zero-order valence-electron chi connectivity index (χ0n) is 15.1. The highest BCUT2D eigenvalue weighted by Crippen LogP contribution is 2.35. The summed E-state index contributed by atoms with van der Waals surface area (Å²) in [7, 11) is 0. The Morgan fingerprint density at radius 2 is 2.03 bits per heavy atom. The molecule has 2 N–H and O–H groups in total. The molecule has 1 heterocycles. The highest BCUT2D eigenvalue weighted by molar-refractivity contribution is 8.14. The molecule has 2 amide bonds. The Balaban J connectivity index is 1.69. The molecular weight excluding hydrogens is 453 g/mol. The Morgan fingerprint density at radius 1 is 1.27 bits per heavy atom. The number of anilines is 1. The van der Waals surface area contributed by atoms with Crippen molar-refractivity contribution in [1.82, 2.24) is 0 Å². The third-order valence-corrected chi connectivity index (χ3v) is 5.49. The lowest BCUT2D eigenvalue weighted by molar-refractivity contribution is -0.384. The molecule has 30 heavy (non-hydrogen) atoms. The van der Waals surface area contributed by atoms with E-state index in [0.29, 0.717) is 10.6 Å². The van der Waals surface area contributed by atoms with Gasteiger partial charge in [-0.3, -0.25) is 19.7 Å². The Bertz CT molecular complexity index is 1090. The molecule has 1 atom stereocenters. The van der Waals surface area contributed by atoms with Crippen LogP contribution in [0.2, 0.25) is 10.0 Å². The molecule has 0 saturated carbocycles. The SMILES string of the molecule is NC(=NN=Cc1cccc([N+](=O)[O-])c1)SC1CC(=O)N(c2cc(Cl)ccc2Cl)C1=O. The number of nitro benzene ring substituents is 1. The van der Waals surface area contributed by atoms with Crippen LogP contribution in [0.3, 0.4) is 0 Å². The fraction of sp³-hybridized carbons (Fsp3) is 0.111. The minimum atomic E-state index is -0.788. The first-order chi connectivity index (χ1) is 14.3. The van der Waals surface area contributed by atoms with E-state index < -0.39 is 22.0 Å². The molecule has 1 unspecified atom stereocenters. The maximum Gasteiger partial charge on any atom is 0.270 e. The molecule has 0 spiro atoms. The van der Waals surface area contributed by atoms with Crippen LogP contribution in [0.15, 0.2) is 52.7 Å². The van der Waals surface area contributed by atoms with Gasteiger partial charge in [-0.1, -0.05) is 47.1 Å². The first kappa shape index (κ1) is 21.8. The molecule has 0 bridgehead atoms. The van der Waals surface area contributed by atoms with Crippen LogP contribution in [0, 0.1) is 10.1 Å². The molecule has 0 aromatic heterocycles. The highest BCUT2D eigenvalue weighted by Gasteiger charge is 2.41. The van der Waals surface area contributed by atoms with E-state index >= 15 is 0 Å². The summed E-state index contributed by atoms with van der Waals surface area (Å²) < 4.78 is 0. The third kappa shape index (κ3) is 4.96. The van der Waals surface area contributed by atoms with Gasteiger partial charge in [-0.2, -0.15) is 5.10 Å². The molecule has 1 saturated heterocycles. The second-order valence-electron chi connectivity index (χ2n) is 6.01. The van der Waals surface area contributed by atoms with Gasteiger partial charge in [0.05, 0.1) is 21.8 Å². The number of hydrogen-bond donors (Lipinski definition) is 1. The normalized spacial score (nSPS) is 17.2. The summed E-state index contributed by atoms with van der Waals surface area (Å²) in [4.78, 5) is 36.3. The van der Waals surface area contributed by atoms with Gasteiger partial charge in [-0.25, -0.2) is 4.90 Å². The second kappa shape index (κ2) is 9.24. The number of thioether (sulfide) groups is 1. The average Bonchev–Trinajstić information content (AvgIpc) is 2.97. The monoisotopic (exact) mass is 465 g/mol. The Morgan fingerprint density at radius 3 is 2.77 bits per heavy atom. The van der Waals surface area contributed by atoms with Crippen molar-refractivity contribution >= 4 is 69.5 Å². The van der Waals surface area contributed by atoms with Crippen LogP contribution >= 0.6 is 35.0 Å². The van der Waals surface area contributed by atoms with Crippen molar-refractivity contribution in [3.8, 4) is 0 Å². The quantitative estimate of drug-likeness (QED) is 0.235. The molecule has 154 valence electrons. The summed E-state index contributed by atoms with van der Waals surface area (Å²) in [6, 6.07) is 10.3. The highest BCUT2D eigenvalue weighted by atomic mass is 35.5. The van der Waals surface area contributed by atoms with Crippen LogP contribution in [0.25, 0.3) is 0 Å². The van der Waals surface area contributed by atoms with E-state index in [4.69, 9.17) is 28.9 Å². The summed E-state index contributed by atoms with van der Waals surface area (Å²) in [6.45, 7) is 0. The van der Waals surface area contributed by atoms with Crippen molar-refractivity contribution < 1.29 is 14.5 Å². The van der Waals surface area contributed by atoms with Crippen LogP contribution in [0.1, 0.15) is 12.0 Å². The first-order valence-electron chi connectivity index (χ1n) is 8.35. The van der Waals surface area contributed by atoms with Gasteiger partial charge in [0.1, 0.15) is 5.25 Å². The van der Waals surface area contributed by atoms with Gasteiger partial charge >= 0.3 is 0 Å². The molecule has 1 fully saturated rings. The number of amides is 2. The van der Waals surface area contributed by atoms with Crippen LogP contribution in [-0.2, 0) is 9.59 Å². The molecule has 2 aromatic carbocycles. The number of amidine groups is 1. The number of nitrogens with two attached hydrogens (primary N) is 1. The predicted octanol–water partition coefficient (Wildman–Crippen LogP) is 3.62. The summed E-state index contributed by atoms with van der Waals surface area (Å²) in [5.74, 6) is -0.926. The van der Waals surface area contributed by atoms with Crippen LogP contribution < -0.4 is 10.6 Å². The van der Waals surface area contributed by atoms with Crippen molar-refractivity contribution in [2.45, 2.75) is 11.7 Å². The molecule has 3 rings (SSSR count). The maximum atomic E-state index is 12.7. The van der Waals surface area contributed by atoms with E-state index in [1.807, 2.05) is 0 Å². The van der Waals surface area contributed by atoms with Crippen molar-refractivity contribution in [2.24, 2.45) is 15.9 Å². The minimum Gasteiger partial charge on any atom is -0.377 e. The zero-order chi connectivity index (χ0) is 21.8. The Labute approximate surface area is 184 Å². The van der Waals surface area contributed by atoms with Crippen LogP contribution in [-0.4, -0.2) is 33.4 Å². The summed E-state index contributed by atoms with van der Waals surface area (Å²) >= 11 is 12.9. The molecule has 0 aliphatic carbocycles. The van der Waals surface area contributed by atoms with Gasteiger partial charge in [0.15, 0.2) is 5.17 Å². The number of non-ortho nitro benzene ring substituents is 1. The number of halogens is 2. The van der Waals surface area contributed by atoms with Crippen molar-refractivity contribution in [3.05, 3.63) is 68.2 Å². The van der Waals surface area contributed by atoms with E-state index in [1.165, 1.54) is 36.5 Å². The first-order valence-corrected chi connectivity index (χ1v) is 9.99. The molecular formula is C18H13Cl2N5O4S. The van der Waals surface area contributed by atoms with Gasteiger partial charge in [-0.15, -0.1) is 5.10 Å². The fourth-order valence-electron chi connectivity index (χ4n) is 2.65. The van der Waals surface area contributed by atoms with E-state index in [0.717, 1.165) is 16.7 Å². The number of benzene rings is 2. The fourth-order valence-corrected chi connectivity index (χ4v) is 3.83. The summed E-state index contributed by atoms with van der Waals surface area (Å²) in [6.07, 6.45) is 1.21. The van der Waals surface area contributed by atoms with Crippen molar-refractivity contribution in [3.63, 3.8) is 0 Å². The van der Waals surface area contributed by atoms with Crippen LogP contribution in [0.4, 0.5) is 11.4 Å². The van der Waals surface area contributed by atoms with Gasteiger partial charge in [0.25, 0.3) is 5.69 Å². The molecule has 1 aliphatic heterocycles. The van der Waals surface area contributed by atoms with Gasteiger partial charge in [0, 0.05) is 29.1 Å². The average molecular weight is 466 g/mol. The number of hydrogen-bond acceptors (Lipinski definition) is 7. The summed E-state index contributed by atoms with van der Waals surface area (Å²) in [5.41, 5.74) is 6.39. The lowest BCUT2D eigenvalue weighted by Gasteiger charge is -2.16. The Kier molecular flexibility index (Phi) is 6.70. The number of nitro groups is 1. The lowest BCUT2D eigenvalue weighted by atomic mass is 10.2. The van der Waals surface area contributed by atoms with E-state index in [-0.39, 0.29) is 28.0 Å². The van der Waals surface area contributed by atoms with E-state index in [9.17, 15) is 19.7 Å². The number of carbonyl (C=O) groups is 2. The predicted molar refractivity (Wildman–Crippen MR) is 117 cm³/mol. The number of nitrogens with zero attached hydrogens (tertiary/aromatic N) is 4. The van der Waals surface area contributed by atoms with Gasteiger partial charge in [0.2, 0.25) is 11.8 Å². The summed E-state index contributed by atoms with van der Waals surface area (Å²) in [5, 5.41) is 18.1. The largest absolute Gasteiger partial charge is 0.377 e. The maximum absolute atomic E-state index is 12.7. The number of imide groups is 1. The lowest BCUT2D eigenvalue weighted by Crippen LogP contribution is -2.32. The second-order valence-corrected chi connectivity index (χ2v) is 8.08. The third-order valence-electron chi connectivity index (χ3n) is 3.96. The number of rotatable bonds is 5. The molecule has 0 radical (unpaired) electrons. The van der Waals surface area contributed by atoms with E-state index in [1.54, 1.807) is 12.1 Å². The molecule has 9 nitrogen and oxygen atoms in total. The topological polar surface area (TPSA) is 131 Å². The molecule has 12 heteroatoms. The standard InChI is InChI=1S/C18H13Cl2N5O4S/c19-11-4-5-13(20)14(7-11)24-16(26)8-15(17(24)27)30-18(21)23-22-9-10-2-1-3-12(6-10)25(28)29/h1-7,9,15H,8H2,(H2,21,23). The number of carbonyl (C=O) groups excluding carboxylic acids is 2. The Hall–Kier alpha value is -2.95.